The molecule has 15 heavy (non-hydrogen) atoms. The van der Waals surface area contributed by atoms with Crippen molar-refractivity contribution in [2.75, 3.05) is 0 Å². The summed E-state index contributed by atoms with van der Waals surface area (Å²) in [6.45, 7) is 10.4. The minimum atomic E-state index is -3.47. The van der Waals surface area contributed by atoms with Gasteiger partial charge in [-0.05, 0) is 19.1 Å². The van der Waals surface area contributed by atoms with Gasteiger partial charge in [0.15, 0.2) is 0 Å². The molecule has 0 fully saturated rings. The molecule has 1 aromatic carbocycles. The summed E-state index contributed by atoms with van der Waals surface area (Å²) in [6.07, 6.45) is 0.319. The van der Waals surface area contributed by atoms with Gasteiger partial charge in [-0.1, -0.05) is 24.6 Å². The first-order chi connectivity index (χ1) is 7.02. The third-order valence-electron chi connectivity index (χ3n) is 2.20. The van der Waals surface area contributed by atoms with E-state index in [1.54, 1.807) is 31.2 Å². The van der Waals surface area contributed by atoms with Gasteiger partial charge in [-0.2, -0.15) is 0 Å². The van der Waals surface area contributed by atoms with Crippen molar-refractivity contribution in [2.24, 2.45) is 0 Å². The summed E-state index contributed by atoms with van der Waals surface area (Å²) in [5, 5.41) is -0.958. The van der Waals surface area contributed by atoms with Gasteiger partial charge in [-0.15, -0.1) is 0 Å². The van der Waals surface area contributed by atoms with E-state index < -0.39 is 15.2 Å². The summed E-state index contributed by atoms with van der Waals surface area (Å²) in [7, 11) is -3.47. The Kier molecular flexibility index (Phi) is 3.48. The lowest BCUT2D eigenvalue weighted by molar-refractivity contribution is 0.586. The first kappa shape index (κ1) is 11.7. The summed E-state index contributed by atoms with van der Waals surface area (Å²) >= 11 is 0. The molecule has 4 heteroatoms. The van der Waals surface area contributed by atoms with Crippen molar-refractivity contribution in [1.82, 2.24) is 0 Å². The lowest BCUT2D eigenvalue weighted by Gasteiger charge is -2.05. The molecule has 80 valence electrons. The Bertz CT molecular complexity index is 468. The lowest BCUT2D eigenvalue weighted by atomic mass is 10.2. The topological polar surface area (TPSA) is 38.5 Å². The van der Waals surface area contributed by atoms with Gasteiger partial charge >= 0.3 is 5.37 Å². The van der Waals surface area contributed by atoms with Gasteiger partial charge in [0.05, 0.1) is 4.90 Å². The smallest absolute Gasteiger partial charge is 0.296 e. The van der Waals surface area contributed by atoms with E-state index in [-0.39, 0.29) is 4.90 Å². The van der Waals surface area contributed by atoms with Crippen molar-refractivity contribution in [3.8, 4) is 0 Å². The Hall–Kier alpha value is -1.34. The molecule has 0 bridgehead atoms. The molecule has 0 spiro atoms. The van der Waals surface area contributed by atoms with Crippen LogP contribution in [0.3, 0.4) is 0 Å². The molecule has 0 radical (unpaired) electrons. The summed E-state index contributed by atoms with van der Waals surface area (Å²) in [5.41, 5.74) is 1.00. The predicted octanol–water partition coefficient (Wildman–Crippen LogP) is 2.42. The van der Waals surface area contributed by atoms with Crippen LogP contribution in [-0.2, 0) is 9.84 Å². The molecule has 0 saturated carbocycles. The van der Waals surface area contributed by atoms with Gasteiger partial charge < -0.3 is 0 Å². The predicted molar refractivity (Wildman–Crippen MR) is 59.0 cm³/mol. The van der Waals surface area contributed by atoms with Crippen LogP contribution in [0.15, 0.2) is 29.2 Å². The van der Waals surface area contributed by atoms with Crippen LogP contribution in [0, 0.1) is 13.5 Å². The Morgan fingerprint density at radius 3 is 2.27 bits per heavy atom. The van der Waals surface area contributed by atoms with Gasteiger partial charge in [0, 0.05) is 6.42 Å². The monoisotopic (exact) mass is 223 g/mol. The van der Waals surface area contributed by atoms with Gasteiger partial charge in [-0.25, -0.2) is 15.0 Å². The van der Waals surface area contributed by atoms with Crippen molar-refractivity contribution in [3.05, 3.63) is 41.2 Å². The van der Waals surface area contributed by atoms with Gasteiger partial charge in [-0.3, -0.25) is 4.85 Å². The lowest BCUT2D eigenvalue weighted by Crippen LogP contribution is -2.16. The maximum atomic E-state index is 11.9. The fourth-order valence-corrected chi connectivity index (χ4v) is 2.67. The molecule has 0 unspecified atom stereocenters. The van der Waals surface area contributed by atoms with Crippen molar-refractivity contribution in [1.29, 1.82) is 0 Å². The first-order valence-corrected chi connectivity index (χ1v) is 6.24. The molecule has 1 atom stereocenters. The summed E-state index contributed by atoms with van der Waals surface area (Å²) in [6, 6.07) is 6.59. The molecule has 0 aromatic heterocycles. The normalized spacial score (nSPS) is 13.1. The minimum absolute atomic E-state index is 0.232. The number of hydrogen-bond acceptors (Lipinski definition) is 2. The molecule has 0 N–H and O–H groups in total. The van der Waals surface area contributed by atoms with Crippen molar-refractivity contribution in [3.63, 3.8) is 0 Å². The second-order valence-electron chi connectivity index (χ2n) is 3.35. The molecular weight excluding hydrogens is 210 g/mol. The van der Waals surface area contributed by atoms with Crippen molar-refractivity contribution >= 4 is 9.84 Å². The zero-order valence-corrected chi connectivity index (χ0v) is 9.58. The first-order valence-electron chi connectivity index (χ1n) is 4.69. The van der Waals surface area contributed by atoms with Crippen LogP contribution in [0.4, 0.5) is 0 Å². The standard InChI is InChI=1S/C11H13NO2S/c1-4-11(12-3)15(13,14)10-7-5-9(2)6-8-10/h5-8,11H,4H2,1-2H3/t11-/m0/s1. The van der Waals surface area contributed by atoms with Crippen LogP contribution in [0.5, 0.6) is 0 Å². The van der Waals surface area contributed by atoms with E-state index in [2.05, 4.69) is 4.85 Å². The molecule has 1 rings (SSSR count). The fraction of sp³-hybridized carbons (Fsp3) is 0.364. The van der Waals surface area contributed by atoms with E-state index in [0.717, 1.165) is 5.56 Å². The number of aryl methyl sites for hydroxylation is 1. The third kappa shape index (κ3) is 2.37. The number of benzene rings is 1. The second-order valence-corrected chi connectivity index (χ2v) is 5.46. The maximum absolute atomic E-state index is 11.9. The van der Waals surface area contributed by atoms with Crippen LogP contribution in [-0.4, -0.2) is 13.8 Å². The molecule has 0 aliphatic rings. The number of sulfone groups is 1. The molecular formula is C11H13NO2S. The van der Waals surface area contributed by atoms with E-state index in [1.165, 1.54) is 0 Å². The van der Waals surface area contributed by atoms with Gasteiger partial charge in [0.1, 0.15) is 0 Å². The average Bonchev–Trinajstić information content (AvgIpc) is 2.19. The second kappa shape index (κ2) is 4.45. The highest BCUT2D eigenvalue weighted by molar-refractivity contribution is 7.92. The molecule has 0 saturated heterocycles. The molecule has 0 heterocycles. The number of rotatable bonds is 3. The molecule has 3 nitrogen and oxygen atoms in total. The summed E-state index contributed by atoms with van der Waals surface area (Å²) in [4.78, 5) is 3.37. The average molecular weight is 223 g/mol. The zero-order valence-electron chi connectivity index (χ0n) is 8.77. The molecule has 0 amide bonds. The van der Waals surface area contributed by atoms with E-state index in [4.69, 9.17) is 6.57 Å². The number of hydrogen-bond donors (Lipinski definition) is 0. The van der Waals surface area contributed by atoms with E-state index in [1.807, 2.05) is 6.92 Å². The van der Waals surface area contributed by atoms with E-state index >= 15 is 0 Å². The highest BCUT2D eigenvalue weighted by Gasteiger charge is 2.30. The number of nitrogens with zero attached hydrogens (tertiary/aromatic N) is 1. The van der Waals surface area contributed by atoms with Crippen LogP contribution < -0.4 is 0 Å². The third-order valence-corrected chi connectivity index (χ3v) is 4.29. The fourth-order valence-electron chi connectivity index (χ4n) is 1.27. The Labute approximate surface area is 90.5 Å². The van der Waals surface area contributed by atoms with Crippen LogP contribution in [0.2, 0.25) is 0 Å². The Morgan fingerprint density at radius 1 is 1.33 bits per heavy atom. The summed E-state index contributed by atoms with van der Waals surface area (Å²) in [5.74, 6) is 0. The molecule has 0 aliphatic carbocycles. The van der Waals surface area contributed by atoms with Crippen LogP contribution in [0.25, 0.3) is 4.85 Å². The van der Waals surface area contributed by atoms with Crippen molar-refractivity contribution < 1.29 is 8.42 Å². The maximum Gasteiger partial charge on any atom is 0.324 e. The van der Waals surface area contributed by atoms with Crippen LogP contribution >= 0.6 is 0 Å². The largest absolute Gasteiger partial charge is 0.324 e. The van der Waals surface area contributed by atoms with E-state index in [9.17, 15) is 8.42 Å². The Balaban J connectivity index is 3.18. The molecule has 0 aliphatic heterocycles. The minimum Gasteiger partial charge on any atom is -0.296 e. The van der Waals surface area contributed by atoms with Crippen molar-refractivity contribution in [2.45, 2.75) is 30.5 Å². The van der Waals surface area contributed by atoms with Gasteiger partial charge in [0.2, 0.25) is 0 Å². The highest BCUT2D eigenvalue weighted by atomic mass is 32.2. The van der Waals surface area contributed by atoms with Crippen LogP contribution in [0.1, 0.15) is 18.9 Å². The van der Waals surface area contributed by atoms with E-state index in [0.29, 0.717) is 6.42 Å². The highest BCUT2D eigenvalue weighted by Crippen LogP contribution is 2.19. The molecule has 1 aromatic rings. The SMILES string of the molecule is [C-]#[N+][C@H](CC)S(=O)(=O)c1ccc(C)cc1. The quantitative estimate of drug-likeness (QED) is 0.738. The summed E-state index contributed by atoms with van der Waals surface area (Å²) < 4.78 is 23.8. The Morgan fingerprint density at radius 2 is 1.87 bits per heavy atom. The zero-order chi connectivity index (χ0) is 11.5. The van der Waals surface area contributed by atoms with Gasteiger partial charge in [0.25, 0.3) is 9.84 Å².